The third-order valence-corrected chi connectivity index (χ3v) is 6.92. The van der Waals surface area contributed by atoms with Crippen molar-refractivity contribution in [3.05, 3.63) is 107 Å². The number of aliphatic hydroxyl groups excluding tert-OH is 1. The van der Waals surface area contributed by atoms with Crippen LogP contribution >= 0.6 is 0 Å². The van der Waals surface area contributed by atoms with Crippen molar-refractivity contribution in [3.8, 4) is 29.4 Å². The molecule has 1 saturated heterocycles. The van der Waals surface area contributed by atoms with Crippen molar-refractivity contribution in [1.82, 2.24) is 20.2 Å². The Morgan fingerprint density at radius 2 is 1.88 bits per heavy atom. The molecule has 1 aliphatic heterocycles. The Kier molecular flexibility index (Phi) is 7.62. The van der Waals surface area contributed by atoms with Gasteiger partial charge in [-0.05, 0) is 41.5 Å². The average molecular weight is 539 g/mol. The monoisotopic (exact) mass is 538 g/mol. The molecule has 2 heterocycles. The van der Waals surface area contributed by atoms with Crippen molar-refractivity contribution in [2.45, 2.75) is 24.9 Å². The van der Waals surface area contributed by atoms with Gasteiger partial charge in [-0.25, -0.2) is 14.2 Å². The number of nitrogens with zero attached hydrogens (tertiary/aromatic N) is 2. The second-order valence-corrected chi connectivity index (χ2v) is 9.40. The van der Waals surface area contributed by atoms with E-state index in [1.807, 2.05) is 37.3 Å². The van der Waals surface area contributed by atoms with Crippen LogP contribution < -0.4 is 10.1 Å². The van der Waals surface area contributed by atoms with Crippen LogP contribution in [0.4, 0.5) is 9.18 Å². The van der Waals surface area contributed by atoms with Crippen LogP contribution in [0.3, 0.4) is 0 Å². The summed E-state index contributed by atoms with van der Waals surface area (Å²) in [5, 5.41) is 11.8. The van der Waals surface area contributed by atoms with Crippen molar-refractivity contribution < 1.29 is 23.8 Å². The molecule has 0 spiro atoms. The summed E-state index contributed by atoms with van der Waals surface area (Å²) in [6, 6.07) is 18.4. The summed E-state index contributed by atoms with van der Waals surface area (Å²) >= 11 is 0. The van der Waals surface area contributed by atoms with E-state index >= 15 is 0 Å². The zero-order chi connectivity index (χ0) is 28.2. The van der Waals surface area contributed by atoms with Crippen LogP contribution in [0.15, 0.2) is 79.0 Å². The molecule has 1 aliphatic rings. The minimum Gasteiger partial charge on any atom is -0.491 e. The van der Waals surface area contributed by atoms with Gasteiger partial charge >= 0.3 is 6.03 Å². The lowest BCUT2D eigenvalue weighted by atomic mass is 9.91. The summed E-state index contributed by atoms with van der Waals surface area (Å²) in [6.45, 7) is 1.94. The van der Waals surface area contributed by atoms with Gasteiger partial charge in [0.15, 0.2) is 0 Å². The number of carbonyl (C=O) groups is 2. The number of ether oxygens (including phenoxy) is 1. The van der Waals surface area contributed by atoms with Crippen molar-refractivity contribution in [2.24, 2.45) is 0 Å². The van der Waals surface area contributed by atoms with Crippen LogP contribution in [0, 0.1) is 18.2 Å². The molecule has 0 saturated carbocycles. The van der Waals surface area contributed by atoms with E-state index in [0.29, 0.717) is 28.4 Å². The first kappa shape index (κ1) is 26.7. The Hall–Kier alpha value is -4.94. The second-order valence-electron chi connectivity index (χ2n) is 9.40. The molecule has 8 nitrogen and oxygen atoms in total. The number of imide groups is 1. The maximum absolute atomic E-state index is 14.8. The Balaban J connectivity index is 1.50. The molecule has 202 valence electrons. The number of aliphatic hydroxyl groups is 1. The number of benzene rings is 3. The highest BCUT2D eigenvalue weighted by atomic mass is 19.1. The fraction of sp³-hybridized carbons (Fsp3) is 0.194. The molecular weight excluding hydrogens is 511 g/mol. The van der Waals surface area contributed by atoms with Gasteiger partial charge in [0.2, 0.25) is 0 Å². The fourth-order valence-electron chi connectivity index (χ4n) is 4.87. The van der Waals surface area contributed by atoms with E-state index in [2.05, 4.69) is 21.2 Å². The molecular formula is C31H27FN4O4. The lowest BCUT2D eigenvalue weighted by Crippen LogP contribution is -2.38. The SMILES string of the molecule is C#Cc1ccc(-c2cnc([C@H]([C@H](C)c3ccccc3)N3C(=O)N[C@H](c4ccc(OCCO)cc4)C3=O)[nH]2)c(F)c1. The Morgan fingerprint density at radius 1 is 1.12 bits per heavy atom. The molecule has 3 atom stereocenters. The molecule has 3 N–H and O–H groups in total. The van der Waals surface area contributed by atoms with Gasteiger partial charge in [-0.15, -0.1) is 6.42 Å². The Morgan fingerprint density at radius 3 is 2.55 bits per heavy atom. The number of hydrogen-bond acceptors (Lipinski definition) is 5. The summed E-state index contributed by atoms with van der Waals surface area (Å²) < 4.78 is 20.2. The Bertz CT molecular complexity index is 1560. The topological polar surface area (TPSA) is 108 Å². The number of nitrogens with one attached hydrogen (secondary N) is 2. The van der Waals surface area contributed by atoms with Crippen LogP contribution in [-0.4, -0.2) is 45.1 Å². The molecule has 3 aromatic carbocycles. The van der Waals surface area contributed by atoms with E-state index in [-0.39, 0.29) is 24.7 Å². The molecule has 0 unspecified atom stereocenters. The van der Waals surface area contributed by atoms with E-state index in [1.165, 1.54) is 17.2 Å². The largest absolute Gasteiger partial charge is 0.491 e. The number of halogens is 1. The molecule has 0 radical (unpaired) electrons. The summed E-state index contributed by atoms with van der Waals surface area (Å²) in [4.78, 5) is 36.0. The summed E-state index contributed by atoms with van der Waals surface area (Å²) in [7, 11) is 0. The number of terminal acetylenes is 1. The normalized spacial score (nSPS) is 16.4. The molecule has 0 aliphatic carbocycles. The smallest absolute Gasteiger partial charge is 0.325 e. The lowest BCUT2D eigenvalue weighted by molar-refractivity contribution is -0.129. The predicted octanol–water partition coefficient (Wildman–Crippen LogP) is 4.71. The van der Waals surface area contributed by atoms with Gasteiger partial charge in [0.05, 0.1) is 18.5 Å². The molecule has 1 fully saturated rings. The first-order valence-corrected chi connectivity index (χ1v) is 12.7. The zero-order valence-electron chi connectivity index (χ0n) is 21.7. The standard InChI is InChI=1S/C31H27FN4O4/c1-3-20-9-14-24(25(32)17-20)26-18-33-29(34-26)28(19(2)21-7-5-4-6-8-21)36-30(38)27(35-31(36)39)22-10-12-23(13-11-22)40-16-15-37/h1,4-14,17-19,27-28,37H,15-16H2,2H3,(H,33,34)(H,35,39)/t19-,27-,28+/m1/s1. The summed E-state index contributed by atoms with van der Waals surface area (Å²) in [5.41, 5.74) is 2.55. The molecule has 5 rings (SSSR count). The number of urea groups is 1. The quantitative estimate of drug-likeness (QED) is 0.211. The number of amides is 3. The highest BCUT2D eigenvalue weighted by Gasteiger charge is 2.46. The summed E-state index contributed by atoms with van der Waals surface area (Å²) in [5.74, 6) is 1.97. The van der Waals surface area contributed by atoms with Crippen LogP contribution in [0.2, 0.25) is 0 Å². The molecule has 3 amide bonds. The molecule has 1 aromatic heterocycles. The number of rotatable bonds is 9. The van der Waals surface area contributed by atoms with Gasteiger partial charge in [0, 0.05) is 17.0 Å². The number of aromatic nitrogens is 2. The van der Waals surface area contributed by atoms with Crippen molar-refractivity contribution >= 4 is 11.9 Å². The van der Waals surface area contributed by atoms with Crippen LogP contribution in [-0.2, 0) is 4.79 Å². The number of hydrogen-bond donors (Lipinski definition) is 3. The third-order valence-electron chi connectivity index (χ3n) is 6.92. The molecule has 9 heteroatoms. The number of carbonyl (C=O) groups excluding carboxylic acids is 2. The lowest BCUT2D eigenvalue weighted by Gasteiger charge is -2.29. The number of imidazole rings is 1. The van der Waals surface area contributed by atoms with E-state index in [4.69, 9.17) is 16.3 Å². The highest BCUT2D eigenvalue weighted by molar-refractivity contribution is 6.05. The van der Waals surface area contributed by atoms with Gasteiger partial charge in [0.1, 0.15) is 36.1 Å². The van der Waals surface area contributed by atoms with Gasteiger partial charge in [0.25, 0.3) is 5.91 Å². The minimum absolute atomic E-state index is 0.119. The zero-order valence-corrected chi connectivity index (χ0v) is 21.7. The van der Waals surface area contributed by atoms with Gasteiger partial charge in [-0.3, -0.25) is 9.69 Å². The van der Waals surface area contributed by atoms with E-state index in [0.717, 1.165) is 5.56 Å². The Labute approximate surface area is 230 Å². The highest BCUT2D eigenvalue weighted by Crippen LogP contribution is 2.39. The maximum Gasteiger partial charge on any atom is 0.325 e. The number of H-pyrrole nitrogens is 1. The molecule has 4 aromatic rings. The van der Waals surface area contributed by atoms with E-state index in [1.54, 1.807) is 36.4 Å². The fourth-order valence-corrected chi connectivity index (χ4v) is 4.87. The van der Waals surface area contributed by atoms with Crippen molar-refractivity contribution in [3.63, 3.8) is 0 Å². The average Bonchev–Trinajstić information content (AvgIpc) is 3.57. The van der Waals surface area contributed by atoms with Gasteiger partial charge < -0.3 is 20.1 Å². The first-order valence-electron chi connectivity index (χ1n) is 12.7. The third kappa shape index (κ3) is 5.17. The second kappa shape index (κ2) is 11.4. The van der Waals surface area contributed by atoms with Crippen LogP contribution in [0.5, 0.6) is 5.75 Å². The van der Waals surface area contributed by atoms with Gasteiger partial charge in [-0.1, -0.05) is 55.3 Å². The maximum atomic E-state index is 14.8. The van der Waals surface area contributed by atoms with E-state index < -0.39 is 29.8 Å². The minimum atomic E-state index is -0.909. The predicted molar refractivity (Wildman–Crippen MR) is 147 cm³/mol. The van der Waals surface area contributed by atoms with E-state index in [9.17, 15) is 14.0 Å². The molecule has 0 bridgehead atoms. The molecule has 40 heavy (non-hydrogen) atoms. The van der Waals surface area contributed by atoms with Crippen molar-refractivity contribution in [2.75, 3.05) is 13.2 Å². The summed E-state index contributed by atoms with van der Waals surface area (Å²) in [6.07, 6.45) is 6.87. The number of aromatic amines is 1. The van der Waals surface area contributed by atoms with Crippen LogP contribution in [0.1, 0.15) is 47.4 Å². The first-order chi connectivity index (χ1) is 19.4. The van der Waals surface area contributed by atoms with Gasteiger partial charge in [-0.2, -0.15) is 0 Å². The van der Waals surface area contributed by atoms with Crippen molar-refractivity contribution in [1.29, 1.82) is 0 Å². The van der Waals surface area contributed by atoms with Crippen LogP contribution in [0.25, 0.3) is 11.3 Å².